The Kier molecular flexibility index (Phi) is 3.46. The number of nitrogens with zero attached hydrogens (tertiary/aromatic N) is 1. The highest BCUT2D eigenvalue weighted by Gasteiger charge is 2.35. The molecule has 1 saturated heterocycles. The minimum absolute atomic E-state index is 0.0122. The molecule has 2 unspecified atom stereocenters. The van der Waals surface area contributed by atoms with E-state index in [1.54, 1.807) is 12.4 Å². The van der Waals surface area contributed by atoms with E-state index in [-0.39, 0.29) is 17.5 Å². The summed E-state index contributed by atoms with van der Waals surface area (Å²) in [5.74, 6) is -0.127. The molecular formula is C11H16N2O3S. The summed E-state index contributed by atoms with van der Waals surface area (Å²) in [6.07, 6.45) is 2.66. The van der Waals surface area contributed by atoms with Crippen molar-refractivity contribution >= 4 is 9.84 Å². The van der Waals surface area contributed by atoms with Gasteiger partial charge >= 0.3 is 0 Å². The number of pyridine rings is 1. The van der Waals surface area contributed by atoms with E-state index in [0.717, 1.165) is 11.1 Å². The summed E-state index contributed by atoms with van der Waals surface area (Å²) >= 11 is 0. The highest BCUT2D eigenvalue weighted by Crippen LogP contribution is 2.13. The zero-order valence-electron chi connectivity index (χ0n) is 9.63. The van der Waals surface area contributed by atoms with Crippen molar-refractivity contribution < 1.29 is 13.5 Å². The molecule has 5 nitrogen and oxygen atoms in total. The molecule has 0 radical (unpaired) electrons. The predicted molar refractivity (Wildman–Crippen MR) is 64.3 cm³/mol. The predicted octanol–water partition coefficient (Wildman–Crippen LogP) is -0.362. The number of hydrogen-bond donors (Lipinski definition) is 2. The SMILES string of the molecule is Cc1cnccc1CNC1CS(=O)(=O)CC1O. The van der Waals surface area contributed by atoms with Gasteiger partial charge in [-0.1, -0.05) is 0 Å². The second-order valence-electron chi connectivity index (χ2n) is 4.43. The lowest BCUT2D eigenvalue weighted by atomic mass is 10.1. The Hall–Kier alpha value is -0.980. The van der Waals surface area contributed by atoms with Crippen molar-refractivity contribution in [1.82, 2.24) is 10.3 Å². The fourth-order valence-corrected chi connectivity index (χ4v) is 3.74. The van der Waals surface area contributed by atoms with Gasteiger partial charge in [-0.15, -0.1) is 0 Å². The van der Waals surface area contributed by atoms with Crippen LogP contribution in [0.4, 0.5) is 0 Å². The summed E-state index contributed by atoms with van der Waals surface area (Å²) in [7, 11) is -3.08. The molecule has 0 aliphatic carbocycles. The Morgan fingerprint density at radius 3 is 2.88 bits per heavy atom. The molecule has 1 aliphatic heterocycles. The molecule has 0 saturated carbocycles. The number of sulfone groups is 1. The molecule has 1 fully saturated rings. The van der Waals surface area contributed by atoms with Crippen LogP contribution < -0.4 is 5.32 Å². The van der Waals surface area contributed by atoms with Gasteiger partial charge in [-0.05, 0) is 24.1 Å². The van der Waals surface area contributed by atoms with Gasteiger partial charge in [0.25, 0.3) is 0 Å². The number of aryl methyl sites for hydroxylation is 1. The van der Waals surface area contributed by atoms with E-state index in [4.69, 9.17) is 0 Å². The third kappa shape index (κ3) is 3.02. The van der Waals surface area contributed by atoms with E-state index in [0.29, 0.717) is 6.54 Å². The smallest absolute Gasteiger partial charge is 0.154 e. The van der Waals surface area contributed by atoms with Crippen LogP contribution in [-0.4, -0.2) is 42.2 Å². The normalized spacial score (nSPS) is 27.2. The van der Waals surface area contributed by atoms with Crippen molar-refractivity contribution in [3.63, 3.8) is 0 Å². The molecule has 2 atom stereocenters. The Balaban J connectivity index is 1.98. The molecule has 94 valence electrons. The molecule has 2 N–H and O–H groups in total. The minimum atomic E-state index is -3.08. The monoisotopic (exact) mass is 256 g/mol. The summed E-state index contributed by atoms with van der Waals surface area (Å²) in [5, 5.41) is 12.7. The van der Waals surface area contributed by atoms with Gasteiger partial charge in [0, 0.05) is 25.0 Å². The molecule has 6 heteroatoms. The molecule has 1 aromatic rings. The van der Waals surface area contributed by atoms with Gasteiger partial charge in [-0.3, -0.25) is 4.98 Å². The first kappa shape index (κ1) is 12.5. The van der Waals surface area contributed by atoms with Crippen molar-refractivity contribution in [2.24, 2.45) is 0 Å². The minimum Gasteiger partial charge on any atom is -0.390 e. The molecule has 0 spiro atoms. The summed E-state index contributed by atoms with van der Waals surface area (Å²) in [6, 6.07) is 1.52. The van der Waals surface area contributed by atoms with Crippen molar-refractivity contribution in [1.29, 1.82) is 0 Å². The Morgan fingerprint density at radius 2 is 2.29 bits per heavy atom. The maximum absolute atomic E-state index is 11.3. The number of rotatable bonds is 3. The molecule has 1 aliphatic rings. The van der Waals surface area contributed by atoms with Gasteiger partial charge < -0.3 is 10.4 Å². The quantitative estimate of drug-likeness (QED) is 0.772. The topological polar surface area (TPSA) is 79.3 Å². The van der Waals surface area contributed by atoms with Crippen LogP contribution in [-0.2, 0) is 16.4 Å². The van der Waals surface area contributed by atoms with E-state index in [2.05, 4.69) is 10.3 Å². The summed E-state index contributed by atoms with van der Waals surface area (Å²) in [4.78, 5) is 3.99. The van der Waals surface area contributed by atoms with Gasteiger partial charge in [0.2, 0.25) is 0 Å². The van der Waals surface area contributed by atoms with Crippen LogP contribution in [0.15, 0.2) is 18.5 Å². The fourth-order valence-electron chi connectivity index (χ4n) is 1.97. The lowest BCUT2D eigenvalue weighted by molar-refractivity contribution is 0.165. The van der Waals surface area contributed by atoms with Crippen LogP contribution in [0.1, 0.15) is 11.1 Å². The third-order valence-electron chi connectivity index (χ3n) is 3.01. The first-order valence-electron chi connectivity index (χ1n) is 5.49. The molecular weight excluding hydrogens is 240 g/mol. The van der Waals surface area contributed by atoms with Gasteiger partial charge in [0.15, 0.2) is 9.84 Å². The van der Waals surface area contributed by atoms with Crippen LogP contribution >= 0.6 is 0 Å². The summed E-state index contributed by atoms with van der Waals surface area (Å²) in [6.45, 7) is 2.50. The van der Waals surface area contributed by atoms with E-state index in [1.807, 2.05) is 13.0 Å². The lowest BCUT2D eigenvalue weighted by Gasteiger charge is -2.15. The van der Waals surface area contributed by atoms with Crippen LogP contribution in [0, 0.1) is 6.92 Å². The van der Waals surface area contributed by atoms with Crippen LogP contribution in [0.3, 0.4) is 0 Å². The van der Waals surface area contributed by atoms with Gasteiger partial charge in [0.05, 0.1) is 17.6 Å². The van der Waals surface area contributed by atoms with E-state index in [1.165, 1.54) is 0 Å². The second-order valence-corrected chi connectivity index (χ2v) is 6.59. The number of hydrogen-bond acceptors (Lipinski definition) is 5. The highest BCUT2D eigenvalue weighted by molar-refractivity contribution is 7.91. The average Bonchev–Trinajstić information content (AvgIpc) is 2.51. The average molecular weight is 256 g/mol. The van der Waals surface area contributed by atoms with Gasteiger partial charge in [-0.25, -0.2) is 8.42 Å². The van der Waals surface area contributed by atoms with Crippen LogP contribution in [0.2, 0.25) is 0 Å². The maximum Gasteiger partial charge on any atom is 0.154 e. The van der Waals surface area contributed by atoms with E-state index in [9.17, 15) is 13.5 Å². The van der Waals surface area contributed by atoms with E-state index >= 15 is 0 Å². The number of aliphatic hydroxyl groups is 1. The molecule has 0 bridgehead atoms. The van der Waals surface area contributed by atoms with Crippen LogP contribution in [0.25, 0.3) is 0 Å². The number of aromatic nitrogens is 1. The number of nitrogens with one attached hydrogen (secondary N) is 1. The standard InChI is InChI=1S/C11H16N2O3S/c1-8-4-12-3-2-9(8)5-13-10-6-17(15,16)7-11(10)14/h2-4,10-11,13-14H,5-7H2,1H3. The lowest BCUT2D eigenvalue weighted by Crippen LogP contribution is -2.38. The Morgan fingerprint density at radius 1 is 1.53 bits per heavy atom. The van der Waals surface area contributed by atoms with Crippen molar-refractivity contribution in [3.05, 3.63) is 29.6 Å². The fraction of sp³-hybridized carbons (Fsp3) is 0.545. The highest BCUT2D eigenvalue weighted by atomic mass is 32.2. The second kappa shape index (κ2) is 4.72. The van der Waals surface area contributed by atoms with Crippen molar-refractivity contribution in [3.8, 4) is 0 Å². The van der Waals surface area contributed by atoms with Crippen molar-refractivity contribution in [2.45, 2.75) is 25.6 Å². The Bertz CT molecular complexity index is 501. The van der Waals surface area contributed by atoms with E-state index < -0.39 is 15.9 Å². The molecule has 0 aromatic carbocycles. The summed E-state index contributed by atoms with van der Waals surface area (Å²) in [5.41, 5.74) is 2.12. The molecule has 2 heterocycles. The zero-order chi connectivity index (χ0) is 12.5. The molecule has 0 amide bonds. The van der Waals surface area contributed by atoms with Gasteiger partial charge in [0.1, 0.15) is 0 Å². The third-order valence-corrected chi connectivity index (χ3v) is 4.73. The molecule has 17 heavy (non-hydrogen) atoms. The van der Waals surface area contributed by atoms with Crippen molar-refractivity contribution in [2.75, 3.05) is 11.5 Å². The Labute approximate surface area is 101 Å². The largest absolute Gasteiger partial charge is 0.390 e. The first-order chi connectivity index (χ1) is 7.98. The van der Waals surface area contributed by atoms with Crippen LogP contribution in [0.5, 0.6) is 0 Å². The van der Waals surface area contributed by atoms with Gasteiger partial charge in [-0.2, -0.15) is 0 Å². The molecule has 2 rings (SSSR count). The number of aliphatic hydroxyl groups excluding tert-OH is 1. The maximum atomic E-state index is 11.3. The molecule has 1 aromatic heterocycles. The zero-order valence-corrected chi connectivity index (χ0v) is 10.4. The summed E-state index contributed by atoms with van der Waals surface area (Å²) < 4.78 is 22.6. The first-order valence-corrected chi connectivity index (χ1v) is 7.31.